The van der Waals surface area contributed by atoms with Crippen LogP contribution in [0, 0.1) is 6.92 Å². The Morgan fingerprint density at radius 3 is 2.36 bits per heavy atom. The van der Waals surface area contributed by atoms with Crippen LogP contribution in [0.15, 0.2) is 17.1 Å². The van der Waals surface area contributed by atoms with Gasteiger partial charge in [0.2, 0.25) is 11.9 Å². The van der Waals surface area contributed by atoms with Crippen molar-refractivity contribution >= 4 is 11.9 Å². The van der Waals surface area contributed by atoms with Gasteiger partial charge in [-0.15, -0.1) is 0 Å². The van der Waals surface area contributed by atoms with Crippen molar-refractivity contribution < 1.29 is 0 Å². The van der Waals surface area contributed by atoms with Crippen molar-refractivity contribution in [1.29, 1.82) is 0 Å². The number of piperidine rings is 1. The van der Waals surface area contributed by atoms with Crippen molar-refractivity contribution in [3.05, 3.63) is 28.3 Å². The Balaban J connectivity index is 1.66. The highest BCUT2D eigenvalue weighted by atomic mass is 16.1. The van der Waals surface area contributed by atoms with Crippen LogP contribution in [0.3, 0.4) is 0 Å². The van der Waals surface area contributed by atoms with Gasteiger partial charge in [-0.3, -0.25) is 9.78 Å². The summed E-state index contributed by atoms with van der Waals surface area (Å²) >= 11 is 0. The first-order valence-electron chi connectivity index (χ1n) is 9.16. The molecule has 2 aliphatic heterocycles. The van der Waals surface area contributed by atoms with Crippen molar-refractivity contribution in [1.82, 2.24) is 19.9 Å². The van der Waals surface area contributed by atoms with E-state index in [9.17, 15) is 4.79 Å². The number of aromatic amines is 1. The lowest BCUT2D eigenvalue weighted by Gasteiger charge is -2.27. The Kier molecular flexibility index (Phi) is 4.38. The first-order chi connectivity index (χ1) is 12.2. The van der Waals surface area contributed by atoms with E-state index in [1.54, 1.807) is 0 Å². The number of anilines is 2. The summed E-state index contributed by atoms with van der Waals surface area (Å²) in [5.74, 6) is 1.44. The Hall–Kier alpha value is -2.44. The number of nitrogens with one attached hydrogen (secondary N) is 1. The lowest BCUT2D eigenvalue weighted by Crippen LogP contribution is -2.31. The molecule has 132 valence electrons. The highest BCUT2D eigenvalue weighted by Crippen LogP contribution is 2.24. The first kappa shape index (κ1) is 16.1. The fraction of sp³-hybridized carbons (Fsp3) is 0.556. The molecule has 2 fully saturated rings. The van der Waals surface area contributed by atoms with E-state index in [1.807, 2.05) is 13.1 Å². The zero-order valence-electron chi connectivity index (χ0n) is 14.7. The lowest BCUT2D eigenvalue weighted by atomic mass is 10.1. The lowest BCUT2D eigenvalue weighted by molar-refractivity contribution is 0.568. The van der Waals surface area contributed by atoms with Crippen molar-refractivity contribution in [3.63, 3.8) is 0 Å². The molecular weight excluding hydrogens is 316 g/mol. The third kappa shape index (κ3) is 3.36. The van der Waals surface area contributed by atoms with Gasteiger partial charge in [0, 0.05) is 44.0 Å². The molecule has 0 spiro atoms. The van der Waals surface area contributed by atoms with E-state index in [-0.39, 0.29) is 5.56 Å². The first-order valence-corrected chi connectivity index (χ1v) is 9.16. The molecule has 0 aromatic carbocycles. The van der Waals surface area contributed by atoms with Crippen molar-refractivity contribution in [2.45, 2.75) is 39.0 Å². The molecule has 0 aliphatic carbocycles. The molecule has 0 radical (unpaired) electrons. The fourth-order valence-corrected chi connectivity index (χ4v) is 3.61. The molecule has 0 atom stereocenters. The maximum Gasteiger partial charge on any atom is 0.252 e. The Labute approximate surface area is 147 Å². The summed E-state index contributed by atoms with van der Waals surface area (Å²) in [5, 5.41) is 0. The average molecular weight is 340 g/mol. The van der Waals surface area contributed by atoms with Crippen molar-refractivity contribution in [2.24, 2.45) is 0 Å². The van der Waals surface area contributed by atoms with Crippen LogP contribution in [0.25, 0.3) is 11.3 Å². The maximum absolute atomic E-state index is 12.1. The van der Waals surface area contributed by atoms with Crippen molar-refractivity contribution in [3.8, 4) is 11.3 Å². The summed E-state index contributed by atoms with van der Waals surface area (Å²) in [6, 6.07) is 1.53. The number of aryl methyl sites for hydroxylation is 1. The van der Waals surface area contributed by atoms with E-state index in [0.29, 0.717) is 11.6 Å². The van der Waals surface area contributed by atoms with Gasteiger partial charge in [0.1, 0.15) is 0 Å². The van der Waals surface area contributed by atoms with Crippen LogP contribution in [0.4, 0.5) is 11.9 Å². The zero-order chi connectivity index (χ0) is 17.2. The SMILES string of the molecule is Cc1nc(N2CCCCC2)ncc1-c1cc(=O)[nH]c(N2CCCC2)n1. The molecule has 7 heteroatoms. The minimum atomic E-state index is -0.133. The summed E-state index contributed by atoms with van der Waals surface area (Å²) in [5.41, 5.74) is 2.20. The third-order valence-corrected chi connectivity index (χ3v) is 5.02. The normalized spacial score (nSPS) is 18.0. The van der Waals surface area contributed by atoms with Gasteiger partial charge >= 0.3 is 0 Å². The number of hydrogen-bond acceptors (Lipinski definition) is 6. The molecule has 1 N–H and O–H groups in total. The second kappa shape index (κ2) is 6.82. The minimum Gasteiger partial charge on any atom is -0.342 e. The molecule has 0 saturated carbocycles. The van der Waals surface area contributed by atoms with Gasteiger partial charge < -0.3 is 9.80 Å². The van der Waals surface area contributed by atoms with E-state index < -0.39 is 0 Å². The van der Waals surface area contributed by atoms with Crippen LogP contribution < -0.4 is 15.4 Å². The average Bonchev–Trinajstić information content (AvgIpc) is 3.16. The highest BCUT2D eigenvalue weighted by molar-refractivity contribution is 5.62. The van der Waals surface area contributed by atoms with Crippen LogP contribution in [0.2, 0.25) is 0 Å². The zero-order valence-corrected chi connectivity index (χ0v) is 14.7. The molecule has 2 aromatic heterocycles. The number of H-pyrrole nitrogens is 1. The second-order valence-electron chi connectivity index (χ2n) is 6.87. The Morgan fingerprint density at radius 1 is 0.960 bits per heavy atom. The van der Waals surface area contributed by atoms with Gasteiger partial charge in [-0.1, -0.05) is 0 Å². The smallest absolute Gasteiger partial charge is 0.252 e. The summed E-state index contributed by atoms with van der Waals surface area (Å²) in [7, 11) is 0. The van der Waals surface area contributed by atoms with Gasteiger partial charge in [0.05, 0.1) is 11.4 Å². The molecule has 0 bridgehead atoms. The molecule has 0 amide bonds. The van der Waals surface area contributed by atoms with E-state index >= 15 is 0 Å². The van der Waals surface area contributed by atoms with Crippen LogP contribution in [0.1, 0.15) is 37.8 Å². The van der Waals surface area contributed by atoms with Gasteiger partial charge in [0.15, 0.2) is 0 Å². The summed E-state index contributed by atoms with van der Waals surface area (Å²) in [4.78, 5) is 33.2. The van der Waals surface area contributed by atoms with E-state index in [1.165, 1.54) is 25.3 Å². The second-order valence-corrected chi connectivity index (χ2v) is 6.87. The summed E-state index contributed by atoms with van der Waals surface area (Å²) in [6.07, 6.45) is 7.75. The van der Waals surface area contributed by atoms with Gasteiger partial charge in [0.25, 0.3) is 5.56 Å². The quantitative estimate of drug-likeness (QED) is 0.922. The van der Waals surface area contributed by atoms with Crippen LogP contribution in [-0.4, -0.2) is 46.1 Å². The molecule has 7 nitrogen and oxygen atoms in total. The number of aromatic nitrogens is 4. The molecule has 25 heavy (non-hydrogen) atoms. The number of nitrogens with zero attached hydrogens (tertiary/aromatic N) is 5. The molecule has 2 aromatic rings. The van der Waals surface area contributed by atoms with Crippen LogP contribution in [-0.2, 0) is 0 Å². The van der Waals surface area contributed by atoms with E-state index in [0.717, 1.165) is 56.2 Å². The van der Waals surface area contributed by atoms with Gasteiger partial charge in [-0.2, -0.15) is 0 Å². The summed E-state index contributed by atoms with van der Waals surface area (Å²) < 4.78 is 0. The minimum absolute atomic E-state index is 0.133. The van der Waals surface area contributed by atoms with E-state index in [4.69, 9.17) is 0 Å². The summed E-state index contributed by atoms with van der Waals surface area (Å²) in [6.45, 7) is 5.87. The van der Waals surface area contributed by atoms with Crippen molar-refractivity contribution in [2.75, 3.05) is 36.0 Å². The number of hydrogen-bond donors (Lipinski definition) is 1. The molecule has 0 unspecified atom stereocenters. The monoisotopic (exact) mass is 340 g/mol. The predicted octanol–water partition coefficient (Wildman–Crippen LogP) is 2.13. The van der Waals surface area contributed by atoms with Gasteiger partial charge in [-0.25, -0.2) is 15.0 Å². The molecule has 4 heterocycles. The predicted molar refractivity (Wildman–Crippen MR) is 98.1 cm³/mol. The third-order valence-electron chi connectivity index (χ3n) is 5.02. The van der Waals surface area contributed by atoms with Crippen LogP contribution in [0.5, 0.6) is 0 Å². The molecule has 4 rings (SSSR count). The van der Waals surface area contributed by atoms with Gasteiger partial charge in [-0.05, 0) is 39.0 Å². The molecular formula is C18H24N6O. The fourth-order valence-electron chi connectivity index (χ4n) is 3.61. The molecule has 2 aliphatic rings. The topological polar surface area (TPSA) is 78.0 Å². The number of rotatable bonds is 3. The van der Waals surface area contributed by atoms with Crippen LogP contribution >= 0.6 is 0 Å². The Morgan fingerprint density at radius 2 is 1.64 bits per heavy atom. The Bertz CT molecular complexity index is 805. The standard InChI is InChI=1S/C18H24N6O/c1-13-14(12-19-17(20-13)23-7-3-2-4-8-23)15-11-16(25)22-18(21-15)24-9-5-6-10-24/h11-12H,2-10H2,1H3,(H,21,22,25). The van der Waals surface area contributed by atoms with E-state index in [2.05, 4.69) is 29.7 Å². The highest BCUT2D eigenvalue weighted by Gasteiger charge is 2.18. The largest absolute Gasteiger partial charge is 0.342 e. The maximum atomic E-state index is 12.1. The molecule has 2 saturated heterocycles.